The number of fused-ring (bicyclic) bond motifs is 1. The van der Waals surface area contributed by atoms with E-state index in [4.69, 9.17) is 11.6 Å². The molecule has 5 rings (SSSR count). The first-order chi connectivity index (χ1) is 15.4. The summed E-state index contributed by atoms with van der Waals surface area (Å²) in [6, 6.07) is 12.5. The van der Waals surface area contributed by atoms with Gasteiger partial charge in [-0.05, 0) is 56.0 Å². The molecule has 0 bridgehead atoms. The zero-order valence-electron chi connectivity index (χ0n) is 17.6. The van der Waals surface area contributed by atoms with E-state index in [0.29, 0.717) is 42.4 Å². The number of amides is 1. The molecule has 7 nitrogen and oxygen atoms in total. The first kappa shape index (κ1) is 21.3. The zero-order valence-corrected chi connectivity index (χ0v) is 19.2. The number of hydrogen-bond donors (Lipinski definition) is 1. The van der Waals surface area contributed by atoms with Crippen LogP contribution in [-0.2, 0) is 14.8 Å². The number of likely N-dealkylation sites (tertiary alicyclic amines) is 1. The van der Waals surface area contributed by atoms with Gasteiger partial charge in [0.1, 0.15) is 4.90 Å². The van der Waals surface area contributed by atoms with Crippen molar-refractivity contribution < 1.29 is 13.2 Å². The van der Waals surface area contributed by atoms with Crippen LogP contribution < -0.4 is 10.2 Å². The quantitative estimate of drug-likeness (QED) is 0.735. The lowest BCUT2D eigenvalue weighted by Gasteiger charge is -2.33. The fraction of sp³-hybridized carbons (Fsp3) is 0.391. The van der Waals surface area contributed by atoms with E-state index in [0.717, 1.165) is 37.3 Å². The number of amidine groups is 1. The summed E-state index contributed by atoms with van der Waals surface area (Å²) in [5, 5.41) is 3.70. The Bertz CT molecular complexity index is 1180. The van der Waals surface area contributed by atoms with Crippen molar-refractivity contribution >= 4 is 44.7 Å². The number of anilines is 2. The lowest BCUT2D eigenvalue weighted by Crippen LogP contribution is -2.41. The van der Waals surface area contributed by atoms with Crippen LogP contribution in [0.3, 0.4) is 0 Å². The molecule has 0 saturated carbocycles. The monoisotopic (exact) mass is 472 g/mol. The Balaban J connectivity index is 1.27. The van der Waals surface area contributed by atoms with Crippen molar-refractivity contribution in [2.75, 3.05) is 36.4 Å². The van der Waals surface area contributed by atoms with Gasteiger partial charge in [-0.15, -0.1) is 4.40 Å². The van der Waals surface area contributed by atoms with Gasteiger partial charge in [-0.25, -0.2) is 0 Å². The van der Waals surface area contributed by atoms with E-state index in [-0.39, 0.29) is 16.7 Å². The van der Waals surface area contributed by atoms with Crippen LogP contribution in [-0.4, -0.2) is 51.2 Å². The molecule has 2 aromatic carbocycles. The summed E-state index contributed by atoms with van der Waals surface area (Å²) >= 11 is 6.21. The SMILES string of the molecule is O=C(Nc1cc(Cl)ccc1N1CCCC1)C1CCN(C2=NS(=O)(=O)c3ccccc32)CC1. The van der Waals surface area contributed by atoms with E-state index in [1.54, 1.807) is 18.2 Å². The number of carbonyl (C=O) groups excluding carboxylic acids is 1. The minimum Gasteiger partial charge on any atom is -0.370 e. The van der Waals surface area contributed by atoms with Crippen molar-refractivity contribution in [3.63, 3.8) is 0 Å². The van der Waals surface area contributed by atoms with E-state index in [2.05, 4.69) is 14.6 Å². The van der Waals surface area contributed by atoms with Gasteiger partial charge < -0.3 is 15.1 Å². The Labute approximate surface area is 193 Å². The second-order valence-electron chi connectivity index (χ2n) is 8.49. The van der Waals surface area contributed by atoms with Gasteiger partial charge in [-0.2, -0.15) is 8.42 Å². The Morgan fingerprint density at radius 1 is 1.00 bits per heavy atom. The summed E-state index contributed by atoms with van der Waals surface area (Å²) < 4.78 is 28.7. The first-order valence-electron chi connectivity index (χ1n) is 11.0. The number of hydrogen-bond acceptors (Lipinski definition) is 5. The maximum absolute atomic E-state index is 13.1. The molecule has 0 aromatic heterocycles. The maximum atomic E-state index is 13.1. The van der Waals surface area contributed by atoms with Crippen LogP contribution in [0.15, 0.2) is 51.8 Å². The summed E-state index contributed by atoms with van der Waals surface area (Å²) in [7, 11) is -3.64. The molecule has 0 unspecified atom stereocenters. The van der Waals surface area contributed by atoms with E-state index in [1.807, 2.05) is 29.2 Å². The molecule has 3 aliphatic rings. The van der Waals surface area contributed by atoms with Gasteiger partial charge in [0.2, 0.25) is 5.91 Å². The third-order valence-corrected chi connectivity index (χ3v) is 8.00. The molecule has 32 heavy (non-hydrogen) atoms. The molecule has 0 atom stereocenters. The zero-order chi connectivity index (χ0) is 22.3. The molecule has 2 aromatic rings. The Morgan fingerprint density at radius 3 is 2.47 bits per heavy atom. The summed E-state index contributed by atoms with van der Waals surface area (Å²) in [5.74, 6) is 0.324. The molecule has 1 amide bonds. The molecular formula is C23H25ClN4O3S. The average Bonchev–Trinajstić information content (AvgIpc) is 3.41. The van der Waals surface area contributed by atoms with E-state index >= 15 is 0 Å². The number of rotatable bonds is 3. The average molecular weight is 473 g/mol. The van der Waals surface area contributed by atoms with Gasteiger partial charge in [0.05, 0.1) is 11.4 Å². The van der Waals surface area contributed by atoms with Crippen LogP contribution in [0.25, 0.3) is 0 Å². The minimum absolute atomic E-state index is 0.0197. The first-order valence-corrected chi connectivity index (χ1v) is 12.8. The Hall–Kier alpha value is -2.58. The van der Waals surface area contributed by atoms with Crippen molar-refractivity contribution in [3.8, 4) is 0 Å². The van der Waals surface area contributed by atoms with Crippen LogP contribution in [0.1, 0.15) is 31.2 Å². The lowest BCUT2D eigenvalue weighted by atomic mass is 9.95. The van der Waals surface area contributed by atoms with Crippen LogP contribution in [0.2, 0.25) is 5.02 Å². The smallest absolute Gasteiger partial charge is 0.285 e. The second-order valence-corrected chi connectivity index (χ2v) is 10.5. The standard InChI is InChI=1S/C23H25ClN4O3S/c24-17-7-8-20(27-11-3-4-12-27)19(15-17)25-23(29)16-9-13-28(14-10-16)22-18-5-1-2-6-21(18)32(30,31)26-22/h1-2,5-8,15-16H,3-4,9-14H2,(H,25,29). The molecule has 0 aliphatic carbocycles. The highest BCUT2D eigenvalue weighted by molar-refractivity contribution is 7.90. The van der Waals surface area contributed by atoms with E-state index in [1.165, 1.54) is 0 Å². The topological polar surface area (TPSA) is 82.1 Å². The normalized spacial score (nSPS) is 20.2. The van der Waals surface area contributed by atoms with Crippen molar-refractivity contribution in [2.24, 2.45) is 10.3 Å². The number of piperidine rings is 1. The van der Waals surface area contributed by atoms with Crippen molar-refractivity contribution in [2.45, 2.75) is 30.6 Å². The van der Waals surface area contributed by atoms with Gasteiger partial charge >= 0.3 is 0 Å². The number of nitrogens with zero attached hydrogens (tertiary/aromatic N) is 3. The van der Waals surface area contributed by atoms with E-state index in [9.17, 15) is 13.2 Å². The predicted octanol–water partition coefficient (Wildman–Crippen LogP) is 3.74. The van der Waals surface area contributed by atoms with Gasteiger partial charge in [0.15, 0.2) is 5.84 Å². The van der Waals surface area contributed by atoms with Crippen molar-refractivity contribution in [1.29, 1.82) is 0 Å². The molecule has 2 fully saturated rings. The van der Waals surface area contributed by atoms with Crippen LogP contribution in [0.4, 0.5) is 11.4 Å². The summed E-state index contributed by atoms with van der Waals surface area (Å²) in [5.41, 5.74) is 2.41. The minimum atomic E-state index is -3.64. The lowest BCUT2D eigenvalue weighted by molar-refractivity contribution is -0.120. The molecule has 0 spiro atoms. The van der Waals surface area contributed by atoms with E-state index < -0.39 is 10.0 Å². The Kier molecular flexibility index (Phi) is 5.59. The third kappa shape index (κ3) is 3.97. The molecular weight excluding hydrogens is 448 g/mol. The van der Waals surface area contributed by atoms with Gasteiger partial charge in [-0.1, -0.05) is 23.7 Å². The highest BCUT2D eigenvalue weighted by Crippen LogP contribution is 2.33. The van der Waals surface area contributed by atoms with Crippen LogP contribution in [0.5, 0.6) is 0 Å². The third-order valence-electron chi connectivity index (χ3n) is 6.44. The number of halogens is 1. The number of sulfonamides is 1. The van der Waals surface area contributed by atoms with Gasteiger partial charge in [-0.3, -0.25) is 4.79 Å². The van der Waals surface area contributed by atoms with Gasteiger partial charge in [0.25, 0.3) is 10.0 Å². The molecule has 0 radical (unpaired) electrons. The van der Waals surface area contributed by atoms with Gasteiger partial charge in [0, 0.05) is 42.7 Å². The number of benzene rings is 2. The molecule has 3 heterocycles. The Morgan fingerprint density at radius 2 is 1.72 bits per heavy atom. The fourth-order valence-corrected chi connectivity index (χ4v) is 6.15. The summed E-state index contributed by atoms with van der Waals surface area (Å²) in [6.45, 7) is 3.12. The molecule has 3 aliphatic heterocycles. The molecule has 9 heteroatoms. The van der Waals surface area contributed by atoms with Crippen LogP contribution in [0, 0.1) is 5.92 Å². The van der Waals surface area contributed by atoms with Crippen molar-refractivity contribution in [1.82, 2.24) is 4.90 Å². The fourth-order valence-electron chi connectivity index (χ4n) is 4.75. The number of nitrogens with one attached hydrogen (secondary N) is 1. The molecule has 2 saturated heterocycles. The highest BCUT2D eigenvalue weighted by atomic mass is 35.5. The number of carbonyl (C=O) groups is 1. The summed E-state index contributed by atoms with van der Waals surface area (Å²) in [4.78, 5) is 17.6. The van der Waals surface area contributed by atoms with Crippen LogP contribution >= 0.6 is 11.6 Å². The highest BCUT2D eigenvalue weighted by Gasteiger charge is 2.34. The molecule has 1 N–H and O–H groups in total. The second kappa shape index (κ2) is 8.41. The predicted molar refractivity (Wildman–Crippen MR) is 126 cm³/mol. The largest absolute Gasteiger partial charge is 0.370 e. The van der Waals surface area contributed by atoms with Crippen molar-refractivity contribution in [3.05, 3.63) is 53.1 Å². The molecule has 168 valence electrons. The summed E-state index contributed by atoms with van der Waals surface area (Å²) in [6.07, 6.45) is 3.56. The maximum Gasteiger partial charge on any atom is 0.285 e.